The molecular formula is C15H20N2OS. The molecule has 1 fully saturated rings. The highest BCUT2D eigenvalue weighted by Gasteiger charge is 2.18. The smallest absolute Gasteiger partial charge is 0.225 e. The first-order valence-electron chi connectivity index (χ1n) is 6.65. The van der Waals surface area contributed by atoms with E-state index in [1.165, 1.54) is 6.42 Å². The molecule has 1 aromatic rings. The van der Waals surface area contributed by atoms with Crippen LogP contribution in [0.4, 0.5) is 5.69 Å². The van der Waals surface area contributed by atoms with Crippen molar-refractivity contribution in [3.63, 3.8) is 0 Å². The van der Waals surface area contributed by atoms with Gasteiger partial charge in [0.25, 0.3) is 0 Å². The third kappa shape index (κ3) is 4.40. The number of carbonyl (C=O) groups is 1. The maximum absolute atomic E-state index is 12.0. The van der Waals surface area contributed by atoms with Crippen LogP contribution in [-0.2, 0) is 4.79 Å². The summed E-state index contributed by atoms with van der Waals surface area (Å²) >= 11 is 1.68. The van der Waals surface area contributed by atoms with Gasteiger partial charge in [-0.2, -0.15) is 0 Å². The van der Waals surface area contributed by atoms with E-state index >= 15 is 0 Å². The lowest BCUT2D eigenvalue weighted by molar-refractivity contribution is -0.116. The number of nitrogens with one attached hydrogen (secondary N) is 2. The van der Waals surface area contributed by atoms with E-state index in [-0.39, 0.29) is 5.91 Å². The van der Waals surface area contributed by atoms with Crippen molar-refractivity contribution in [2.24, 2.45) is 0 Å². The summed E-state index contributed by atoms with van der Waals surface area (Å²) in [4.78, 5) is 13.1. The minimum Gasteiger partial charge on any atom is -0.325 e. The van der Waals surface area contributed by atoms with Crippen molar-refractivity contribution in [2.45, 2.75) is 30.2 Å². The Bertz CT molecular complexity index is 442. The third-order valence-corrected chi connectivity index (χ3v) is 4.18. The number of para-hydroxylation sites is 1. The average Bonchev–Trinajstić information content (AvgIpc) is 2.90. The highest BCUT2D eigenvalue weighted by molar-refractivity contribution is 7.99. The molecule has 1 saturated heterocycles. The molecule has 19 heavy (non-hydrogen) atoms. The highest BCUT2D eigenvalue weighted by Crippen LogP contribution is 2.27. The van der Waals surface area contributed by atoms with Crippen LogP contribution in [0.15, 0.2) is 41.8 Å². The molecule has 0 aromatic heterocycles. The Labute approximate surface area is 118 Å². The Balaban J connectivity index is 1.93. The number of rotatable bonds is 6. The number of thioether (sulfide) groups is 1. The van der Waals surface area contributed by atoms with Gasteiger partial charge in [-0.25, -0.2) is 0 Å². The molecule has 0 spiro atoms. The molecule has 1 aromatic carbocycles. The molecule has 1 atom stereocenters. The van der Waals surface area contributed by atoms with E-state index in [1.54, 1.807) is 11.8 Å². The van der Waals surface area contributed by atoms with Crippen LogP contribution >= 0.6 is 11.8 Å². The molecule has 1 amide bonds. The molecule has 1 unspecified atom stereocenters. The molecule has 0 aliphatic carbocycles. The molecule has 0 bridgehead atoms. The Morgan fingerprint density at radius 1 is 1.53 bits per heavy atom. The van der Waals surface area contributed by atoms with E-state index in [0.29, 0.717) is 12.5 Å². The lowest BCUT2D eigenvalue weighted by Crippen LogP contribution is -2.27. The van der Waals surface area contributed by atoms with Crippen molar-refractivity contribution >= 4 is 23.4 Å². The lowest BCUT2D eigenvalue weighted by atomic mass is 10.1. The second-order valence-electron chi connectivity index (χ2n) is 4.64. The summed E-state index contributed by atoms with van der Waals surface area (Å²) < 4.78 is 0. The van der Waals surface area contributed by atoms with Gasteiger partial charge < -0.3 is 10.6 Å². The van der Waals surface area contributed by atoms with E-state index in [1.807, 2.05) is 30.3 Å². The number of anilines is 1. The van der Waals surface area contributed by atoms with Gasteiger partial charge >= 0.3 is 0 Å². The minimum atomic E-state index is 0.0889. The predicted octanol–water partition coefficient (Wildman–Crippen LogP) is 3.05. The van der Waals surface area contributed by atoms with Gasteiger partial charge in [0, 0.05) is 23.1 Å². The van der Waals surface area contributed by atoms with Gasteiger partial charge in [0.05, 0.1) is 5.69 Å². The fourth-order valence-corrected chi connectivity index (χ4v) is 2.95. The quantitative estimate of drug-likeness (QED) is 0.620. The Hall–Kier alpha value is -1.26. The van der Waals surface area contributed by atoms with Crippen molar-refractivity contribution in [1.82, 2.24) is 5.32 Å². The van der Waals surface area contributed by atoms with Gasteiger partial charge in [0.1, 0.15) is 0 Å². The van der Waals surface area contributed by atoms with E-state index < -0.39 is 0 Å². The van der Waals surface area contributed by atoms with Gasteiger partial charge in [0.15, 0.2) is 0 Å². The second-order valence-corrected chi connectivity index (χ2v) is 5.70. The summed E-state index contributed by atoms with van der Waals surface area (Å²) in [6.07, 6.45) is 4.69. The number of benzene rings is 1. The molecule has 102 valence electrons. The Kier molecular flexibility index (Phi) is 5.48. The Morgan fingerprint density at radius 3 is 3.11 bits per heavy atom. The van der Waals surface area contributed by atoms with Gasteiger partial charge in [0.2, 0.25) is 5.91 Å². The molecule has 2 N–H and O–H groups in total. The van der Waals surface area contributed by atoms with Gasteiger partial charge in [-0.05, 0) is 31.5 Å². The van der Waals surface area contributed by atoms with Crippen LogP contribution in [0.3, 0.4) is 0 Å². The van der Waals surface area contributed by atoms with Crippen molar-refractivity contribution < 1.29 is 4.79 Å². The van der Waals surface area contributed by atoms with Crippen LogP contribution in [0.25, 0.3) is 0 Å². The molecule has 2 rings (SSSR count). The van der Waals surface area contributed by atoms with Crippen LogP contribution in [0.1, 0.15) is 19.3 Å². The summed E-state index contributed by atoms with van der Waals surface area (Å²) in [5.41, 5.74) is 0.900. The SMILES string of the molecule is C=CCSc1ccccc1NC(=O)CC1CCCN1. The zero-order valence-corrected chi connectivity index (χ0v) is 11.8. The van der Waals surface area contributed by atoms with Crippen molar-refractivity contribution in [3.8, 4) is 0 Å². The second kappa shape index (κ2) is 7.36. The molecule has 1 aliphatic heterocycles. The first kappa shape index (κ1) is 14.2. The van der Waals surface area contributed by atoms with Crippen LogP contribution in [0.2, 0.25) is 0 Å². The zero-order chi connectivity index (χ0) is 13.5. The summed E-state index contributed by atoms with van der Waals surface area (Å²) in [5.74, 6) is 0.933. The van der Waals surface area contributed by atoms with E-state index in [4.69, 9.17) is 0 Å². The van der Waals surface area contributed by atoms with Crippen LogP contribution < -0.4 is 10.6 Å². The maximum atomic E-state index is 12.0. The Morgan fingerprint density at radius 2 is 2.37 bits per heavy atom. The molecule has 0 radical (unpaired) electrons. The van der Waals surface area contributed by atoms with E-state index in [2.05, 4.69) is 17.2 Å². The molecule has 1 aliphatic rings. The standard InChI is InChI=1S/C15H20N2OS/c1-2-10-19-14-8-4-3-7-13(14)17-15(18)11-12-6-5-9-16-12/h2-4,7-8,12,16H,1,5-6,9-11H2,(H,17,18). The van der Waals surface area contributed by atoms with Crippen molar-refractivity contribution in [1.29, 1.82) is 0 Å². The highest BCUT2D eigenvalue weighted by atomic mass is 32.2. The molecule has 1 heterocycles. The first-order valence-corrected chi connectivity index (χ1v) is 7.64. The van der Waals surface area contributed by atoms with Gasteiger partial charge in [-0.3, -0.25) is 4.79 Å². The fourth-order valence-electron chi connectivity index (χ4n) is 2.20. The molecule has 0 saturated carbocycles. The van der Waals surface area contributed by atoms with Gasteiger partial charge in [-0.15, -0.1) is 18.3 Å². The monoisotopic (exact) mass is 276 g/mol. The minimum absolute atomic E-state index is 0.0889. The number of carbonyl (C=O) groups excluding carboxylic acids is 1. The summed E-state index contributed by atoms with van der Waals surface area (Å²) in [6, 6.07) is 8.25. The number of hydrogen-bond donors (Lipinski definition) is 2. The first-order chi connectivity index (χ1) is 9.29. The number of hydrogen-bond acceptors (Lipinski definition) is 3. The summed E-state index contributed by atoms with van der Waals surface area (Å²) in [5, 5.41) is 6.36. The van der Waals surface area contributed by atoms with Crippen LogP contribution in [0, 0.1) is 0 Å². The summed E-state index contributed by atoms with van der Waals surface area (Å²) in [6.45, 7) is 4.75. The number of amides is 1. The maximum Gasteiger partial charge on any atom is 0.225 e. The molecular weight excluding hydrogens is 256 g/mol. The fraction of sp³-hybridized carbons (Fsp3) is 0.400. The van der Waals surface area contributed by atoms with Crippen LogP contribution in [0.5, 0.6) is 0 Å². The topological polar surface area (TPSA) is 41.1 Å². The van der Waals surface area contributed by atoms with Gasteiger partial charge in [-0.1, -0.05) is 18.2 Å². The van der Waals surface area contributed by atoms with E-state index in [9.17, 15) is 4.79 Å². The lowest BCUT2D eigenvalue weighted by Gasteiger charge is -2.12. The largest absolute Gasteiger partial charge is 0.325 e. The zero-order valence-electron chi connectivity index (χ0n) is 11.0. The summed E-state index contributed by atoms with van der Waals surface area (Å²) in [7, 11) is 0. The van der Waals surface area contributed by atoms with Crippen molar-refractivity contribution in [3.05, 3.63) is 36.9 Å². The predicted molar refractivity (Wildman–Crippen MR) is 81.6 cm³/mol. The van der Waals surface area contributed by atoms with E-state index in [0.717, 1.165) is 29.3 Å². The van der Waals surface area contributed by atoms with Crippen LogP contribution in [-0.4, -0.2) is 24.2 Å². The normalized spacial score (nSPS) is 18.2. The van der Waals surface area contributed by atoms with Crippen molar-refractivity contribution in [2.75, 3.05) is 17.6 Å². The average molecular weight is 276 g/mol. The third-order valence-electron chi connectivity index (χ3n) is 3.11. The molecule has 3 nitrogen and oxygen atoms in total. The molecule has 4 heteroatoms.